The van der Waals surface area contributed by atoms with Gasteiger partial charge in [0, 0.05) is 4.90 Å². The predicted molar refractivity (Wildman–Crippen MR) is 47.4 cm³/mol. The van der Waals surface area contributed by atoms with Crippen LogP contribution in [0.4, 0.5) is 0 Å². The average molecular weight is 180 g/mol. The van der Waals surface area contributed by atoms with E-state index in [9.17, 15) is 4.79 Å². The summed E-state index contributed by atoms with van der Waals surface area (Å²) in [5.74, 6) is -0.126. The Labute approximate surface area is 74.5 Å². The van der Waals surface area contributed by atoms with Gasteiger partial charge in [-0.1, -0.05) is 18.2 Å². The van der Waals surface area contributed by atoms with E-state index < -0.39 is 6.04 Å². The predicted octanol–water partition coefficient (Wildman–Crippen LogP) is 0.823. The molecule has 1 aliphatic rings. The third-order valence-corrected chi connectivity index (χ3v) is 2.69. The molecule has 2 rings (SSSR count). The van der Waals surface area contributed by atoms with Gasteiger partial charge < -0.3 is 5.73 Å². The second-order valence-electron chi connectivity index (χ2n) is 2.58. The Balaban J connectivity index is 2.48. The van der Waals surface area contributed by atoms with Crippen LogP contribution in [-0.2, 0) is 4.79 Å². The zero-order valence-electron chi connectivity index (χ0n) is 6.28. The van der Waals surface area contributed by atoms with E-state index in [1.54, 1.807) is 0 Å². The van der Waals surface area contributed by atoms with E-state index in [0.29, 0.717) is 0 Å². The first-order valence-electron chi connectivity index (χ1n) is 3.60. The molecule has 0 spiro atoms. The lowest BCUT2D eigenvalue weighted by Gasteiger charge is -2.20. The largest absolute Gasteiger partial charge is 0.316 e. The molecule has 0 fully saturated rings. The van der Waals surface area contributed by atoms with Gasteiger partial charge in [-0.2, -0.15) is 0 Å². The van der Waals surface area contributed by atoms with E-state index in [1.807, 2.05) is 24.3 Å². The minimum absolute atomic E-state index is 0.126. The van der Waals surface area contributed by atoms with E-state index >= 15 is 0 Å². The van der Waals surface area contributed by atoms with Crippen molar-refractivity contribution in [3.63, 3.8) is 0 Å². The molecule has 0 aliphatic carbocycles. The topological polar surface area (TPSA) is 55.1 Å². The van der Waals surface area contributed by atoms with Gasteiger partial charge >= 0.3 is 0 Å². The lowest BCUT2D eigenvalue weighted by Crippen LogP contribution is -2.33. The Hall–Kier alpha value is -1.00. The molecule has 1 aliphatic heterocycles. The Kier molecular flexibility index (Phi) is 1.78. The van der Waals surface area contributed by atoms with Crippen LogP contribution in [0.3, 0.4) is 0 Å². The van der Waals surface area contributed by atoms with E-state index in [2.05, 4.69) is 4.72 Å². The van der Waals surface area contributed by atoms with Crippen LogP contribution in [0.1, 0.15) is 11.6 Å². The molecule has 1 atom stereocenters. The first kappa shape index (κ1) is 7.64. The maximum Gasteiger partial charge on any atom is 0.251 e. The third-order valence-electron chi connectivity index (χ3n) is 1.80. The highest BCUT2D eigenvalue weighted by Crippen LogP contribution is 2.29. The van der Waals surface area contributed by atoms with Gasteiger partial charge in [-0.3, -0.25) is 9.52 Å². The highest BCUT2D eigenvalue weighted by atomic mass is 32.2. The summed E-state index contributed by atoms with van der Waals surface area (Å²) in [7, 11) is 0. The van der Waals surface area contributed by atoms with Gasteiger partial charge in [-0.05, 0) is 23.6 Å². The van der Waals surface area contributed by atoms with Crippen molar-refractivity contribution in [2.45, 2.75) is 10.9 Å². The first-order valence-corrected chi connectivity index (χ1v) is 4.42. The summed E-state index contributed by atoms with van der Waals surface area (Å²) in [4.78, 5) is 12.1. The van der Waals surface area contributed by atoms with E-state index in [4.69, 9.17) is 5.73 Å². The van der Waals surface area contributed by atoms with Crippen molar-refractivity contribution in [1.29, 1.82) is 0 Å². The molecule has 1 aromatic rings. The molecule has 1 aromatic carbocycles. The van der Waals surface area contributed by atoms with Crippen molar-refractivity contribution >= 4 is 17.9 Å². The molecular formula is C8H8N2OS. The second-order valence-corrected chi connectivity index (χ2v) is 3.43. The quantitative estimate of drug-likeness (QED) is 0.581. The van der Waals surface area contributed by atoms with Crippen LogP contribution in [0.5, 0.6) is 0 Å². The second kappa shape index (κ2) is 2.80. The number of fused-ring (bicyclic) bond motifs is 1. The van der Waals surface area contributed by atoms with Crippen molar-refractivity contribution in [2.24, 2.45) is 5.73 Å². The van der Waals surface area contributed by atoms with Crippen molar-refractivity contribution in [1.82, 2.24) is 4.72 Å². The van der Waals surface area contributed by atoms with Crippen molar-refractivity contribution in [3.05, 3.63) is 29.8 Å². The number of hydrogen-bond acceptors (Lipinski definition) is 3. The number of hydrogen-bond donors (Lipinski definition) is 2. The highest BCUT2D eigenvalue weighted by molar-refractivity contribution is 7.98. The van der Waals surface area contributed by atoms with Gasteiger partial charge in [0.15, 0.2) is 0 Å². The molecule has 3 nitrogen and oxygen atoms in total. The van der Waals surface area contributed by atoms with Crippen LogP contribution in [0.2, 0.25) is 0 Å². The third kappa shape index (κ3) is 1.09. The fourth-order valence-electron chi connectivity index (χ4n) is 1.14. The molecular weight excluding hydrogens is 172 g/mol. The van der Waals surface area contributed by atoms with Gasteiger partial charge in [-0.25, -0.2) is 0 Å². The van der Waals surface area contributed by atoms with Crippen molar-refractivity contribution in [2.75, 3.05) is 0 Å². The fourth-order valence-corrected chi connectivity index (χ4v) is 1.94. The molecule has 1 heterocycles. The van der Waals surface area contributed by atoms with Crippen molar-refractivity contribution < 1.29 is 4.79 Å². The number of carbonyl (C=O) groups is 1. The standard InChI is InChI=1S/C8H8N2OS/c9-7-5-3-1-2-4-6(5)12-10-8(7)11/h1-4,7H,9H2,(H,10,11). The summed E-state index contributed by atoms with van der Waals surface area (Å²) >= 11 is 1.32. The molecule has 1 unspecified atom stereocenters. The SMILES string of the molecule is NC1C(=O)NSc2ccccc21. The highest BCUT2D eigenvalue weighted by Gasteiger charge is 2.23. The molecule has 4 heteroatoms. The summed E-state index contributed by atoms with van der Waals surface area (Å²) in [5.41, 5.74) is 6.57. The number of nitrogens with one attached hydrogen (secondary N) is 1. The molecule has 62 valence electrons. The van der Waals surface area contributed by atoms with E-state index in [1.165, 1.54) is 11.9 Å². The Morgan fingerprint density at radius 2 is 2.17 bits per heavy atom. The molecule has 0 radical (unpaired) electrons. The molecule has 12 heavy (non-hydrogen) atoms. The minimum Gasteiger partial charge on any atom is -0.316 e. The van der Waals surface area contributed by atoms with Gasteiger partial charge in [0.25, 0.3) is 5.91 Å². The smallest absolute Gasteiger partial charge is 0.251 e. The molecule has 0 saturated heterocycles. The zero-order valence-corrected chi connectivity index (χ0v) is 7.10. The summed E-state index contributed by atoms with van der Waals surface area (Å²) in [5, 5.41) is 0. The molecule has 1 amide bonds. The molecule has 0 bridgehead atoms. The lowest BCUT2D eigenvalue weighted by molar-refractivity contribution is -0.120. The van der Waals surface area contributed by atoms with Crippen LogP contribution in [0.25, 0.3) is 0 Å². The summed E-state index contributed by atoms with van der Waals surface area (Å²) in [6.45, 7) is 0. The number of amides is 1. The van der Waals surface area contributed by atoms with Crippen LogP contribution >= 0.6 is 11.9 Å². The Morgan fingerprint density at radius 3 is 3.00 bits per heavy atom. The average Bonchev–Trinajstić information content (AvgIpc) is 2.12. The Morgan fingerprint density at radius 1 is 1.42 bits per heavy atom. The normalized spacial score (nSPS) is 21.4. The van der Waals surface area contributed by atoms with E-state index in [0.717, 1.165) is 10.5 Å². The zero-order chi connectivity index (χ0) is 8.55. The van der Waals surface area contributed by atoms with Crippen LogP contribution in [0, 0.1) is 0 Å². The molecule has 0 aromatic heterocycles. The van der Waals surface area contributed by atoms with Gasteiger partial charge in [-0.15, -0.1) is 0 Å². The van der Waals surface area contributed by atoms with Gasteiger partial charge in [0.1, 0.15) is 6.04 Å². The fraction of sp³-hybridized carbons (Fsp3) is 0.125. The Bertz CT molecular complexity index is 327. The van der Waals surface area contributed by atoms with Crippen LogP contribution in [-0.4, -0.2) is 5.91 Å². The maximum atomic E-state index is 11.1. The lowest BCUT2D eigenvalue weighted by atomic mass is 10.1. The number of nitrogens with two attached hydrogens (primary N) is 1. The van der Waals surface area contributed by atoms with Crippen molar-refractivity contribution in [3.8, 4) is 0 Å². The first-order chi connectivity index (χ1) is 5.79. The summed E-state index contributed by atoms with van der Waals surface area (Å²) < 4.78 is 2.64. The molecule has 0 saturated carbocycles. The number of benzene rings is 1. The van der Waals surface area contributed by atoms with E-state index in [-0.39, 0.29) is 5.91 Å². The van der Waals surface area contributed by atoms with Gasteiger partial charge in [0.2, 0.25) is 0 Å². The van der Waals surface area contributed by atoms with Gasteiger partial charge in [0.05, 0.1) is 0 Å². The molecule has 3 N–H and O–H groups in total. The minimum atomic E-state index is -0.512. The summed E-state index contributed by atoms with van der Waals surface area (Å²) in [6, 6.07) is 7.13. The summed E-state index contributed by atoms with van der Waals surface area (Å²) in [6.07, 6.45) is 0. The maximum absolute atomic E-state index is 11.1. The number of rotatable bonds is 0. The number of carbonyl (C=O) groups excluding carboxylic acids is 1. The monoisotopic (exact) mass is 180 g/mol. The van der Waals surface area contributed by atoms with Crippen LogP contribution in [0.15, 0.2) is 29.2 Å². The van der Waals surface area contributed by atoms with Crippen LogP contribution < -0.4 is 10.5 Å².